The first kappa shape index (κ1) is 16.4. The van der Waals surface area contributed by atoms with Crippen LogP contribution in [0.5, 0.6) is 0 Å². The maximum Gasteiger partial charge on any atom is 0.345 e. The van der Waals surface area contributed by atoms with Gasteiger partial charge in [0.15, 0.2) is 0 Å². The average molecular weight is 330 g/mol. The molecule has 0 unspecified atom stereocenters. The van der Waals surface area contributed by atoms with Crippen LogP contribution < -0.4 is 5.69 Å². The number of amides is 1. The van der Waals surface area contributed by atoms with Crippen LogP contribution in [0.2, 0.25) is 0 Å². The third-order valence-corrected chi connectivity index (χ3v) is 4.56. The summed E-state index contributed by atoms with van der Waals surface area (Å²) in [6.45, 7) is 3.98. The molecular formula is C16H22N6O2. The number of carbonyl (C=O) groups is 1. The molecule has 2 aromatic heterocycles. The fourth-order valence-corrected chi connectivity index (χ4v) is 3.19. The van der Waals surface area contributed by atoms with Gasteiger partial charge in [-0.25, -0.2) is 14.5 Å². The topological polar surface area (TPSA) is 85.9 Å². The van der Waals surface area contributed by atoms with E-state index in [9.17, 15) is 9.59 Å². The molecule has 0 saturated carbocycles. The lowest BCUT2D eigenvalue weighted by atomic mass is 9.93. The summed E-state index contributed by atoms with van der Waals surface area (Å²) >= 11 is 0. The molecule has 3 heterocycles. The maximum absolute atomic E-state index is 12.4. The van der Waals surface area contributed by atoms with E-state index in [1.54, 1.807) is 17.8 Å². The summed E-state index contributed by atoms with van der Waals surface area (Å²) in [6, 6.07) is 0. The van der Waals surface area contributed by atoms with Crippen LogP contribution in [0.4, 0.5) is 0 Å². The molecule has 0 bridgehead atoms. The second kappa shape index (κ2) is 6.94. The standard InChI is InChI=1S/C16H22N6O2/c1-3-22-14(19-20(2)16(22)24)10-12-4-8-21(9-5-12)15(23)13-11-17-6-7-18-13/h6-7,11-12H,3-5,8-10H2,1-2H3. The van der Waals surface area contributed by atoms with Crippen LogP contribution in [0.1, 0.15) is 36.1 Å². The highest BCUT2D eigenvalue weighted by atomic mass is 16.2. The van der Waals surface area contributed by atoms with Gasteiger partial charge < -0.3 is 4.90 Å². The predicted octanol–water partition coefficient (Wildman–Crippen LogP) is 0.487. The predicted molar refractivity (Wildman–Crippen MR) is 87.5 cm³/mol. The second-order valence-electron chi connectivity index (χ2n) is 6.10. The van der Waals surface area contributed by atoms with Crippen molar-refractivity contribution in [1.82, 2.24) is 29.2 Å². The summed E-state index contributed by atoms with van der Waals surface area (Å²) in [4.78, 5) is 34.2. The van der Waals surface area contributed by atoms with Gasteiger partial charge in [-0.3, -0.25) is 14.3 Å². The number of piperidine rings is 1. The van der Waals surface area contributed by atoms with Gasteiger partial charge in [0.2, 0.25) is 0 Å². The third kappa shape index (κ3) is 3.22. The highest BCUT2D eigenvalue weighted by molar-refractivity contribution is 5.91. The van der Waals surface area contributed by atoms with Crippen molar-refractivity contribution in [2.24, 2.45) is 13.0 Å². The first-order valence-corrected chi connectivity index (χ1v) is 8.28. The van der Waals surface area contributed by atoms with E-state index in [0.717, 1.165) is 25.1 Å². The van der Waals surface area contributed by atoms with Crippen LogP contribution in [-0.4, -0.2) is 48.2 Å². The average Bonchev–Trinajstić information content (AvgIpc) is 2.89. The van der Waals surface area contributed by atoms with Crippen LogP contribution >= 0.6 is 0 Å². The molecule has 0 radical (unpaired) electrons. The zero-order valence-corrected chi connectivity index (χ0v) is 14.1. The molecular weight excluding hydrogens is 308 g/mol. The van der Waals surface area contributed by atoms with Crippen LogP contribution in [0, 0.1) is 5.92 Å². The molecule has 24 heavy (non-hydrogen) atoms. The normalized spacial score (nSPS) is 15.7. The van der Waals surface area contributed by atoms with Gasteiger partial charge in [-0.05, 0) is 25.7 Å². The van der Waals surface area contributed by atoms with Gasteiger partial charge >= 0.3 is 5.69 Å². The Bertz CT molecular complexity index is 759. The van der Waals surface area contributed by atoms with Crippen molar-refractivity contribution in [3.8, 4) is 0 Å². The molecule has 1 amide bonds. The van der Waals surface area contributed by atoms with Crippen molar-refractivity contribution in [1.29, 1.82) is 0 Å². The lowest BCUT2D eigenvalue weighted by molar-refractivity contribution is 0.0683. The van der Waals surface area contributed by atoms with Gasteiger partial charge in [-0.1, -0.05) is 0 Å². The molecule has 1 saturated heterocycles. The number of hydrogen-bond acceptors (Lipinski definition) is 5. The van der Waals surface area contributed by atoms with Crippen LogP contribution in [0.3, 0.4) is 0 Å². The summed E-state index contributed by atoms with van der Waals surface area (Å²) in [5.41, 5.74) is 0.322. The SMILES string of the molecule is CCn1c(CC2CCN(C(=O)c3cnccn3)CC2)nn(C)c1=O. The number of carbonyl (C=O) groups excluding carboxylic acids is 1. The molecule has 1 aliphatic heterocycles. The number of aromatic nitrogens is 5. The van der Waals surface area contributed by atoms with Gasteiger partial charge in [-0.15, -0.1) is 0 Å². The second-order valence-corrected chi connectivity index (χ2v) is 6.10. The van der Waals surface area contributed by atoms with Gasteiger partial charge in [0.05, 0.1) is 6.20 Å². The molecule has 1 aliphatic rings. The van der Waals surface area contributed by atoms with Crippen molar-refractivity contribution < 1.29 is 4.79 Å². The molecule has 1 fully saturated rings. The zero-order chi connectivity index (χ0) is 17.1. The van der Waals surface area contributed by atoms with Gasteiger partial charge in [0.25, 0.3) is 5.91 Å². The van der Waals surface area contributed by atoms with E-state index >= 15 is 0 Å². The Balaban J connectivity index is 1.61. The Labute approximate surface area is 140 Å². The Kier molecular flexibility index (Phi) is 4.73. The molecule has 0 N–H and O–H groups in total. The Morgan fingerprint density at radius 1 is 1.29 bits per heavy atom. The van der Waals surface area contributed by atoms with Crippen LogP contribution in [-0.2, 0) is 20.0 Å². The van der Waals surface area contributed by atoms with E-state index in [-0.39, 0.29) is 11.6 Å². The number of nitrogens with zero attached hydrogens (tertiary/aromatic N) is 6. The Hall–Kier alpha value is -2.51. The van der Waals surface area contributed by atoms with Gasteiger partial charge in [-0.2, -0.15) is 5.10 Å². The van der Waals surface area contributed by atoms with E-state index in [4.69, 9.17) is 0 Å². The first-order chi connectivity index (χ1) is 11.6. The van der Waals surface area contributed by atoms with E-state index < -0.39 is 0 Å². The molecule has 0 spiro atoms. The van der Waals surface area contributed by atoms with E-state index in [0.29, 0.717) is 31.2 Å². The quantitative estimate of drug-likeness (QED) is 0.814. The molecule has 3 rings (SSSR count). The molecule has 8 nitrogen and oxygen atoms in total. The van der Waals surface area contributed by atoms with Gasteiger partial charge in [0, 0.05) is 45.5 Å². The largest absolute Gasteiger partial charge is 0.345 e. The number of rotatable bonds is 4. The molecule has 0 atom stereocenters. The monoisotopic (exact) mass is 330 g/mol. The smallest absolute Gasteiger partial charge is 0.337 e. The Morgan fingerprint density at radius 2 is 2.04 bits per heavy atom. The summed E-state index contributed by atoms with van der Waals surface area (Å²) in [7, 11) is 1.68. The maximum atomic E-state index is 12.4. The number of aryl methyl sites for hydroxylation is 1. The zero-order valence-electron chi connectivity index (χ0n) is 14.1. The van der Waals surface area contributed by atoms with Crippen molar-refractivity contribution in [2.45, 2.75) is 32.7 Å². The van der Waals surface area contributed by atoms with Crippen molar-refractivity contribution in [3.63, 3.8) is 0 Å². The van der Waals surface area contributed by atoms with Crippen LogP contribution in [0.25, 0.3) is 0 Å². The summed E-state index contributed by atoms with van der Waals surface area (Å²) in [6.07, 6.45) is 7.18. The van der Waals surface area contributed by atoms with Crippen molar-refractivity contribution in [3.05, 3.63) is 40.6 Å². The minimum Gasteiger partial charge on any atom is -0.337 e. The third-order valence-electron chi connectivity index (χ3n) is 4.56. The lowest BCUT2D eigenvalue weighted by Crippen LogP contribution is -2.39. The molecule has 0 aliphatic carbocycles. The lowest BCUT2D eigenvalue weighted by Gasteiger charge is -2.31. The number of likely N-dealkylation sites (tertiary alicyclic amines) is 1. The fourth-order valence-electron chi connectivity index (χ4n) is 3.19. The minimum atomic E-state index is -0.0669. The highest BCUT2D eigenvalue weighted by Gasteiger charge is 2.26. The molecule has 2 aromatic rings. The van der Waals surface area contributed by atoms with E-state index in [2.05, 4.69) is 15.1 Å². The summed E-state index contributed by atoms with van der Waals surface area (Å²) in [5, 5.41) is 4.35. The van der Waals surface area contributed by atoms with E-state index in [1.165, 1.54) is 17.1 Å². The first-order valence-electron chi connectivity index (χ1n) is 8.28. The number of hydrogen-bond donors (Lipinski definition) is 0. The molecule has 128 valence electrons. The van der Waals surface area contributed by atoms with Crippen LogP contribution in [0.15, 0.2) is 23.4 Å². The molecule has 8 heteroatoms. The Morgan fingerprint density at radius 3 is 2.67 bits per heavy atom. The molecule has 0 aromatic carbocycles. The van der Waals surface area contributed by atoms with Crippen molar-refractivity contribution in [2.75, 3.05) is 13.1 Å². The summed E-state index contributed by atoms with van der Waals surface area (Å²) < 4.78 is 3.11. The van der Waals surface area contributed by atoms with Crippen molar-refractivity contribution >= 4 is 5.91 Å². The van der Waals surface area contributed by atoms with Gasteiger partial charge in [0.1, 0.15) is 11.5 Å². The fraction of sp³-hybridized carbons (Fsp3) is 0.562. The minimum absolute atomic E-state index is 0.0650. The van der Waals surface area contributed by atoms with E-state index in [1.807, 2.05) is 11.8 Å². The summed E-state index contributed by atoms with van der Waals surface area (Å²) in [5.74, 6) is 1.21. The highest BCUT2D eigenvalue weighted by Crippen LogP contribution is 2.21.